The van der Waals surface area contributed by atoms with Gasteiger partial charge >= 0.3 is 0 Å². The first-order valence-corrected chi connectivity index (χ1v) is 11.6. The lowest BCUT2D eigenvalue weighted by molar-refractivity contribution is -0.115. The van der Waals surface area contributed by atoms with Crippen LogP contribution in [0.4, 0.5) is 5.13 Å². The number of Topliss-reactive ketones (excluding diaryl/α,β-unsaturated/α-hetero) is 1. The summed E-state index contributed by atoms with van der Waals surface area (Å²) >= 11 is 8.27. The van der Waals surface area contributed by atoms with E-state index in [4.69, 9.17) is 11.6 Å². The van der Waals surface area contributed by atoms with Crippen molar-refractivity contribution in [3.05, 3.63) is 75.2 Å². The van der Waals surface area contributed by atoms with Gasteiger partial charge < -0.3 is 5.32 Å². The van der Waals surface area contributed by atoms with Gasteiger partial charge in [0.15, 0.2) is 10.1 Å². The Morgan fingerprint density at radius 2 is 1.81 bits per heavy atom. The van der Waals surface area contributed by atoms with E-state index in [1.807, 2.05) is 0 Å². The predicted octanol–water partition coefficient (Wildman–Crippen LogP) is 3.59. The number of nitrogens with zero attached hydrogens (tertiary/aromatic N) is 4. The monoisotopic (exact) mass is 485 g/mol. The predicted molar refractivity (Wildman–Crippen MR) is 126 cm³/mol. The number of nitrogens with one attached hydrogen (secondary N) is 1. The van der Waals surface area contributed by atoms with Crippen LogP contribution in [-0.2, 0) is 18.3 Å². The molecule has 2 heterocycles. The number of benzene rings is 2. The number of carbonyl (C=O) groups excluding carboxylic acids is 2. The molecule has 0 bridgehead atoms. The fraction of sp³-hybridized carbons (Fsp3) is 0.143. The highest BCUT2D eigenvalue weighted by Crippen LogP contribution is 2.26. The van der Waals surface area contributed by atoms with Crippen molar-refractivity contribution in [1.29, 1.82) is 0 Å². The molecule has 0 saturated heterocycles. The average molecular weight is 486 g/mol. The number of amides is 1. The van der Waals surface area contributed by atoms with Gasteiger partial charge in [-0.1, -0.05) is 52.9 Å². The highest BCUT2D eigenvalue weighted by Gasteiger charge is 2.15. The second-order valence-corrected chi connectivity index (χ2v) is 9.37. The summed E-state index contributed by atoms with van der Waals surface area (Å²) in [4.78, 5) is 37.0. The number of hydrogen-bond donors (Lipinski definition) is 1. The summed E-state index contributed by atoms with van der Waals surface area (Å²) in [6, 6.07) is 13.7. The van der Waals surface area contributed by atoms with Gasteiger partial charge in [0, 0.05) is 23.0 Å². The molecule has 0 radical (unpaired) electrons. The third-order valence-corrected chi connectivity index (χ3v) is 6.73. The lowest BCUT2D eigenvalue weighted by atomic mass is 10.1. The average Bonchev–Trinajstić information content (AvgIpc) is 3.23. The molecule has 11 heteroatoms. The van der Waals surface area contributed by atoms with Gasteiger partial charge in [0.1, 0.15) is 0 Å². The number of aromatic nitrogens is 4. The molecule has 2 aromatic heterocycles. The molecule has 0 atom stereocenters. The number of fused-ring (bicyclic) bond motifs is 1. The van der Waals surface area contributed by atoms with Crippen molar-refractivity contribution in [2.75, 3.05) is 11.1 Å². The van der Waals surface area contributed by atoms with Crippen molar-refractivity contribution in [3.63, 3.8) is 0 Å². The van der Waals surface area contributed by atoms with Crippen LogP contribution in [-0.4, -0.2) is 37.4 Å². The first-order chi connectivity index (χ1) is 15.4. The topological polar surface area (TPSA) is 107 Å². The molecule has 0 spiro atoms. The zero-order chi connectivity index (χ0) is 22.7. The summed E-state index contributed by atoms with van der Waals surface area (Å²) in [6.07, 6.45) is -0.0221. The lowest BCUT2D eigenvalue weighted by Crippen LogP contribution is -2.24. The summed E-state index contributed by atoms with van der Waals surface area (Å²) in [6.45, 7) is 0. The number of thioether (sulfide) groups is 1. The van der Waals surface area contributed by atoms with Crippen molar-refractivity contribution in [1.82, 2.24) is 20.0 Å². The minimum Gasteiger partial charge on any atom is -0.300 e. The number of rotatable bonds is 7. The molecular formula is C21H16ClN5O3S2. The van der Waals surface area contributed by atoms with Crippen molar-refractivity contribution in [3.8, 4) is 0 Å². The Labute approximate surface area is 195 Å². The highest BCUT2D eigenvalue weighted by molar-refractivity contribution is 8.01. The molecule has 0 aliphatic heterocycles. The Morgan fingerprint density at radius 1 is 1.09 bits per heavy atom. The third kappa shape index (κ3) is 5.04. The maximum Gasteiger partial charge on any atom is 0.274 e. The Kier molecular flexibility index (Phi) is 6.63. The van der Waals surface area contributed by atoms with E-state index in [0.717, 1.165) is 0 Å². The summed E-state index contributed by atoms with van der Waals surface area (Å²) < 4.78 is 1.79. The molecule has 2 aromatic carbocycles. The number of ketones is 1. The molecule has 1 N–H and O–H groups in total. The van der Waals surface area contributed by atoms with Gasteiger partial charge in [-0.2, -0.15) is 5.10 Å². The minimum atomic E-state index is -0.328. The Bertz CT molecular complexity index is 1370. The van der Waals surface area contributed by atoms with Crippen molar-refractivity contribution >= 4 is 62.3 Å². The van der Waals surface area contributed by atoms with Crippen LogP contribution < -0.4 is 10.9 Å². The molecule has 162 valence electrons. The maximum atomic E-state index is 12.5. The van der Waals surface area contributed by atoms with Gasteiger partial charge in [-0.05, 0) is 30.3 Å². The van der Waals surface area contributed by atoms with Crippen molar-refractivity contribution < 1.29 is 9.59 Å². The molecule has 0 aliphatic carbocycles. The number of anilines is 1. The normalized spacial score (nSPS) is 10.9. The van der Waals surface area contributed by atoms with Gasteiger partial charge in [-0.3, -0.25) is 14.4 Å². The number of hydrogen-bond acceptors (Lipinski definition) is 8. The van der Waals surface area contributed by atoms with E-state index in [1.165, 1.54) is 27.8 Å². The Hall–Kier alpha value is -3.08. The van der Waals surface area contributed by atoms with Gasteiger partial charge in [0.2, 0.25) is 11.0 Å². The van der Waals surface area contributed by atoms with Gasteiger partial charge in [-0.25, -0.2) is 4.68 Å². The second-order valence-electron chi connectivity index (χ2n) is 6.74. The summed E-state index contributed by atoms with van der Waals surface area (Å²) in [5.41, 5.74) is 0.841. The molecule has 4 rings (SSSR count). The fourth-order valence-corrected chi connectivity index (χ4v) is 4.78. The molecule has 0 aliphatic rings. The van der Waals surface area contributed by atoms with Gasteiger partial charge in [0.25, 0.3) is 5.56 Å². The van der Waals surface area contributed by atoms with E-state index in [0.29, 0.717) is 36.5 Å². The largest absolute Gasteiger partial charge is 0.300 e. The Balaban J connectivity index is 1.39. The van der Waals surface area contributed by atoms with Crippen LogP contribution in [0.25, 0.3) is 10.8 Å². The zero-order valence-corrected chi connectivity index (χ0v) is 19.1. The van der Waals surface area contributed by atoms with Crippen molar-refractivity contribution in [2.24, 2.45) is 7.05 Å². The molecule has 0 fully saturated rings. The smallest absolute Gasteiger partial charge is 0.274 e. The quantitative estimate of drug-likeness (QED) is 0.242. The SMILES string of the molecule is Cn1nc(CC(=O)Nc2nnc(SCC(=O)c3ccc(Cl)cc3)s2)c2ccccc2c1=O. The zero-order valence-electron chi connectivity index (χ0n) is 16.7. The third-order valence-electron chi connectivity index (χ3n) is 4.51. The molecule has 0 saturated carbocycles. The molecule has 8 nitrogen and oxygen atoms in total. The van der Waals surface area contributed by atoms with Crippen LogP contribution in [0, 0.1) is 0 Å². The van der Waals surface area contributed by atoms with Gasteiger partial charge in [0.05, 0.1) is 23.3 Å². The first-order valence-electron chi connectivity index (χ1n) is 9.40. The highest BCUT2D eigenvalue weighted by atomic mass is 35.5. The number of aryl methyl sites for hydroxylation is 1. The number of carbonyl (C=O) groups is 2. The van der Waals surface area contributed by atoms with Crippen LogP contribution in [0.5, 0.6) is 0 Å². The van der Waals surface area contributed by atoms with Gasteiger partial charge in [-0.15, -0.1) is 10.2 Å². The van der Waals surface area contributed by atoms with E-state index in [-0.39, 0.29) is 29.4 Å². The molecule has 4 aromatic rings. The molecule has 0 unspecified atom stereocenters. The maximum absolute atomic E-state index is 12.5. The van der Waals surface area contributed by atoms with E-state index in [9.17, 15) is 14.4 Å². The van der Waals surface area contributed by atoms with Crippen LogP contribution >= 0.6 is 34.7 Å². The summed E-state index contributed by atoms with van der Waals surface area (Å²) in [5, 5.41) is 17.0. The van der Waals surface area contributed by atoms with E-state index < -0.39 is 0 Å². The van der Waals surface area contributed by atoms with Crippen LogP contribution in [0.3, 0.4) is 0 Å². The summed E-state index contributed by atoms with van der Waals surface area (Å²) in [5.74, 6) is -0.190. The standard InChI is InChI=1S/C21H16ClN5O3S2/c1-27-19(30)15-5-3-2-4-14(15)16(26-27)10-18(29)23-20-24-25-21(32-20)31-11-17(28)12-6-8-13(22)9-7-12/h2-9H,10-11H2,1H3,(H,23,24,29). The Morgan fingerprint density at radius 3 is 2.56 bits per heavy atom. The van der Waals surface area contributed by atoms with Crippen LogP contribution in [0.1, 0.15) is 16.1 Å². The van der Waals surface area contributed by atoms with E-state index >= 15 is 0 Å². The van der Waals surface area contributed by atoms with Crippen molar-refractivity contribution in [2.45, 2.75) is 10.8 Å². The minimum absolute atomic E-state index is 0.0221. The molecular weight excluding hydrogens is 470 g/mol. The van der Waals surface area contributed by atoms with Crippen LogP contribution in [0.15, 0.2) is 57.7 Å². The van der Waals surface area contributed by atoms with E-state index in [2.05, 4.69) is 20.6 Å². The molecule has 1 amide bonds. The summed E-state index contributed by atoms with van der Waals surface area (Å²) in [7, 11) is 1.55. The first kappa shape index (κ1) is 22.1. The second kappa shape index (κ2) is 9.60. The van der Waals surface area contributed by atoms with E-state index in [1.54, 1.807) is 55.6 Å². The fourth-order valence-electron chi connectivity index (χ4n) is 2.99. The lowest BCUT2D eigenvalue weighted by Gasteiger charge is -2.07. The number of halogens is 1. The van der Waals surface area contributed by atoms with Crippen LogP contribution in [0.2, 0.25) is 5.02 Å². The molecule has 32 heavy (non-hydrogen) atoms.